The fraction of sp³-hybridized carbons (Fsp3) is 0.143. The number of rotatable bonds is 8. The van der Waals surface area contributed by atoms with Gasteiger partial charge in [0.25, 0.3) is 0 Å². The molecule has 0 saturated carbocycles. The number of hydrogen-bond acceptors (Lipinski definition) is 4. The minimum atomic E-state index is -0.527. The normalized spacial score (nSPS) is 10.6. The summed E-state index contributed by atoms with van der Waals surface area (Å²) in [5, 5.41) is 4.01. The highest BCUT2D eigenvalue weighted by Crippen LogP contribution is 2.26. The number of carbonyl (C=O) groups is 1. The van der Waals surface area contributed by atoms with Gasteiger partial charge in [0.05, 0.1) is 5.56 Å². The number of halogens is 1. The maximum Gasteiger partial charge on any atom is 0.250 e. The lowest BCUT2D eigenvalue weighted by Gasteiger charge is -2.10. The van der Waals surface area contributed by atoms with Crippen LogP contribution in [0.3, 0.4) is 0 Å². The molecule has 0 bridgehead atoms. The molecule has 0 saturated heterocycles. The largest absolute Gasteiger partial charge is 0.439 e. The Balaban J connectivity index is 1.53. The lowest BCUT2D eigenvalue weighted by molar-refractivity contribution is 0.1000. The maximum atomic E-state index is 11.1. The highest BCUT2D eigenvalue weighted by Gasteiger charge is 2.06. The van der Waals surface area contributed by atoms with Crippen molar-refractivity contribution in [3.63, 3.8) is 0 Å². The molecule has 0 unspecified atom stereocenters. The van der Waals surface area contributed by atoms with Crippen LogP contribution in [0, 0.1) is 0 Å². The number of aromatic nitrogens is 1. The zero-order chi connectivity index (χ0) is 19.1. The minimum Gasteiger partial charge on any atom is -0.439 e. The van der Waals surface area contributed by atoms with Crippen molar-refractivity contribution in [1.82, 2.24) is 10.3 Å². The van der Waals surface area contributed by atoms with Gasteiger partial charge >= 0.3 is 0 Å². The molecule has 3 N–H and O–H groups in total. The first-order chi connectivity index (χ1) is 13.1. The molecule has 6 heteroatoms. The summed E-state index contributed by atoms with van der Waals surface area (Å²) in [7, 11) is 0. The Morgan fingerprint density at radius 3 is 2.59 bits per heavy atom. The maximum absolute atomic E-state index is 11.1. The van der Waals surface area contributed by atoms with Crippen molar-refractivity contribution in [2.24, 2.45) is 5.73 Å². The third-order valence-electron chi connectivity index (χ3n) is 4.02. The molecule has 1 heterocycles. The molecule has 0 radical (unpaired) electrons. The number of amides is 1. The van der Waals surface area contributed by atoms with E-state index in [0.29, 0.717) is 28.8 Å². The van der Waals surface area contributed by atoms with Crippen LogP contribution in [0.2, 0.25) is 5.02 Å². The van der Waals surface area contributed by atoms with E-state index in [4.69, 9.17) is 22.1 Å². The van der Waals surface area contributed by atoms with E-state index in [-0.39, 0.29) is 0 Å². The van der Waals surface area contributed by atoms with Crippen molar-refractivity contribution in [2.75, 3.05) is 6.54 Å². The van der Waals surface area contributed by atoms with E-state index in [9.17, 15) is 4.79 Å². The quantitative estimate of drug-likeness (QED) is 0.579. The Labute approximate surface area is 163 Å². The number of carbonyl (C=O) groups excluding carboxylic acids is 1. The number of nitrogens with one attached hydrogen (secondary N) is 1. The average molecular weight is 382 g/mol. The molecule has 1 aromatic heterocycles. The van der Waals surface area contributed by atoms with Gasteiger partial charge in [0.2, 0.25) is 11.8 Å². The Hall–Kier alpha value is -2.89. The standard InChI is InChI=1S/C21H20ClN3O2/c22-19-12-18(27-20-9-7-17(14-25-20)21(23)26)8-6-16(19)13-24-11-10-15-4-2-1-3-5-15/h1-9,12,14,24H,10-11,13H2,(H2,23,26). The number of nitrogens with two attached hydrogens (primary N) is 1. The van der Waals surface area contributed by atoms with Crippen LogP contribution in [0.1, 0.15) is 21.5 Å². The molecule has 3 rings (SSSR count). The number of ether oxygens (including phenoxy) is 1. The van der Waals surface area contributed by atoms with Crippen molar-refractivity contribution in [3.05, 3.63) is 88.6 Å². The number of primary amides is 1. The lowest BCUT2D eigenvalue weighted by Crippen LogP contribution is -2.16. The van der Waals surface area contributed by atoms with Crippen LogP contribution in [-0.2, 0) is 13.0 Å². The number of nitrogens with zero attached hydrogens (tertiary/aromatic N) is 1. The molecule has 0 atom stereocenters. The predicted octanol–water partition coefficient (Wildman–Crippen LogP) is 3.96. The summed E-state index contributed by atoms with van der Waals surface area (Å²) in [4.78, 5) is 15.1. The summed E-state index contributed by atoms with van der Waals surface area (Å²) < 4.78 is 5.66. The second-order valence-electron chi connectivity index (χ2n) is 6.02. The molecule has 0 fully saturated rings. The highest BCUT2D eigenvalue weighted by molar-refractivity contribution is 6.31. The average Bonchev–Trinajstić information content (AvgIpc) is 2.68. The molecule has 0 aliphatic carbocycles. The van der Waals surface area contributed by atoms with E-state index < -0.39 is 5.91 Å². The number of hydrogen-bond donors (Lipinski definition) is 2. The zero-order valence-corrected chi connectivity index (χ0v) is 15.4. The summed E-state index contributed by atoms with van der Waals surface area (Å²) in [5.74, 6) is 0.415. The zero-order valence-electron chi connectivity index (χ0n) is 14.7. The van der Waals surface area contributed by atoms with Crippen molar-refractivity contribution < 1.29 is 9.53 Å². The first kappa shape index (κ1) is 18.9. The molecule has 138 valence electrons. The summed E-state index contributed by atoms with van der Waals surface area (Å²) in [5.41, 5.74) is 7.82. The minimum absolute atomic E-state index is 0.331. The van der Waals surface area contributed by atoms with E-state index in [0.717, 1.165) is 18.5 Å². The molecule has 3 aromatic rings. The molecule has 1 amide bonds. The third kappa shape index (κ3) is 5.54. The van der Waals surface area contributed by atoms with Crippen molar-refractivity contribution in [3.8, 4) is 11.6 Å². The van der Waals surface area contributed by atoms with Crippen molar-refractivity contribution in [1.29, 1.82) is 0 Å². The molecule has 0 aliphatic heterocycles. The second kappa shape index (κ2) is 9.16. The molecule has 27 heavy (non-hydrogen) atoms. The SMILES string of the molecule is NC(=O)c1ccc(Oc2ccc(CNCCc3ccccc3)c(Cl)c2)nc1. The van der Waals surface area contributed by atoms with Crippen molar-refractivity contribution >= 4 is 17.5 Å². The molecule has 5 nitrogen and oxygen atoms in total. The van der Waals surface area contributed by atoms with Gasteiger partial charge in [-0.2, -0.15) is 0 Å². The van der Waals surface area contributed by atoms with E-state index >= 15 is 0 Å². The van der Waals surface area contributed by atoms with Gasteiger partial charge < -0.3 is 15.8 Å². The van der Waals surface area contributed by atoms with Crippen LogP contribution in [0.5, 0.6) is 11.6 Å². The molecule has 0 aliphatic rings. The first-order valence-electron chi connectivity index (χ1n) is 8.58. The Morgan fingerprint density at radius 2 is 1.93 bits per heavy atom. The van der Waals surface area contributed by atoms with E-state index in [1.54, 1.807) is 18.2 Å². The van der Waals surface area contributed by atoms with Gasteiger partial charge in [-0.05, 0) is 42.3 Å². The van der Waals surface area contributed by atoms with Gasteiger partial charge in [-0.25, -0.2) is 4.98 Å². The second-order valence-corrected chi connectivity index (χ2v) is 6.42. The number of pyridine rings is 1. The summed E-state index contributed by atoms with van der Waals surface area (Å²) in [6.45, 7) is 1.55. The fourth-order valence-corrected chi connectivity index (χ4v) is 2.78. The third-order valence-corrected chi connectivity index (χ3v) is 4.37. The predicted molar refractivity (Wildman–Crippen MR) is 106 cm³/mol. The topological polar surface area (TPSA) is 77.2 Å². The van der Waals surface area contributed by atoms with E-state index in [2.05, 4.69) is 22.4 Å². The Morgan fingerprint density at radius 1 is 1.11 bits per heavy atom. The lowest BCUT2D eigenvalue weighted by atomic mass is 10.1. The van der Waals surface area contributed by atoms with Crippen LogP contribution in [-0.4, -0.2) is 17.4 Å². The summed E-state index contributed by atoms with van der Waals surface area (Å²) in [6.07, 6.45) is 2.34. The van der Waals surface area contributed by atoms with Gasteiger partial charge in [-0.15, -0.1) is 0 Å². The smallest absolute Gasteiger partial charge is 0.250 e. The van der Waals surface area contributed by atoms with E-state index in [1.165, 1.54) is 11.8 Å². The Kier molecular flexibility index (Phi) is 6.41. The van der Waals surface area contributed by atoms with Gasteiger partial charge in [0.15, 0.2) is 0 Å². The number of benzene rings is 2. The summed E-state index contributed by atoms with van der Waals surface area (Å²) in [6, 6.07) is 19.0. The molecular formula is C21H20ClN3O2. The molecule has 0 spiro atoms. The van der Waals surface area contributed by atoms with Crippen LogP contribution >= 0.6 is 11.6 Å². The van der Waals surface area contributed by atoms with Crippen LogP contribution in [0.15, 0.2) is 66.9 Å². The Bertz CT molecular complexity index is 899. The van der Waals surface area contributed by atoms with Gasteiger partial charge in [0.1, 0.15) is 5.75 Å². The monoisotopic (exact) mass is 381 g/mol. The van der Waals surface area contributed by atoms with Crippen LogP contribution in [0.25, 0.3) is 0 Å². The summed E-state index contributed by atoms with van der Waals surface area (Å²) >= 11 is 6.36. The van der Waals surface area contributed by atoms with Gasteiger partial charge in [-0.1, -0.05) is 48.0 Å². The van der Waals surface area contributed by atoms with Crippen LogP contribution < -0.4 is 15.8 Å². The van der Waals surface area contributed by atoms with E-state index in [1.807, 2.05) is 30.3 Å². The van der Waals surface area contributed by atoms with Crippen molar-refractivity contribution in [2.45, 2.75) is 13.0 Å². The molecular weight excluding hydrogens is 362 g/mol. The van der Waals surface area contributed by atoms with Gasteiger partial charge in [0, 0.05) is 23.8 Å². The fourth-order valence-electron chi connectivity index (χ4n) is 2.54. The van der Waals surface area contributed by atoms with Crippen LogP contribution in [0.4, 0.5) is 0 Å². The first-order valence-corrected chi connectivity index (χ1v) is 8.96. The molecule has 2 aromatic carbocycles. The van der Waals surface area contributed by atoms with Gasteiger partial charge in [-0.3, -0.25) is 4.79 Å². The highest BCUT2D eigenvalue weighted by atomic mass is 35.5.